The summed E-state index contributed by atoms with van der Waals surface area (Å²) in [7, 11) is -2.75. The summed E-state index contributed by atoms with van der Waals surface area (Å²) in [5, 5.41) is 2.89. The van der Waals surface area contributed by atoms with E-state index >= 15 is 0 Å². The van der Waals surface area contributed by atoms with Crippen molar-refractivity contribution in [2.75, 3.05) is 17.9 Å². The molecule has 1 N–H and O–H groups in total. The number of halogens is 3. The molecular weight excluding hydrogens is 589 g/mol. The molecule has 0 heterocycles. The van der Waals surface area contributed by atoms with Gasteiger partial charge in [-0.05, 0) is 55.0 Å². The minimum absolute atomic E-state index is 0.0215. The van der Waals surface area contributed by atoms with E-state index in [4.69, 9.17) is 23.2 Å². The first-order chi connectivity index (χ1) is 17.0. The van der Waals surface area contributed by atoms with Gasteiger partial charge in [-0.25, -0.2) is 8.42 Å². The minimum atomic E-state index is -4.22. The van der Waals surface area contributed by atoms with Crippen LogP contribution < -0.4 is 9.62 Å². The van der Waals surface area contributed by atoms with Gasteiger partial charge in [0.2, 0.25) is 11.8 Å². The molecule has 0 aliphatic rings. The molecule has 0 spiro atoms. The molecule has 36 heavy (non-hydrogen) atoms. The van der Waals surface area contributed by atoms with Crippen molar-refractivity contribution in [1.82, 2.24) is 10.2 Å². The van der Waals surface area contributed by atoms with Gasteiger partial charge in [-0.3, -0.25) is 13.9 Å². The smallest absolute Gasteiger partial charge is 0.264 e. The van der Waals surface area contributed by atoms with Crippen LogP contribution in [0.3, 0.4) is 0 Å². The lowest BCUT2D eigenvalue weighted by Gasteiger charge is -2.32. The average Bonchev–Trinajstić information content (AvgIpc) is 2.86. The number of rotatable bonds is 9. The van der Waals surface area contributed by atoms with Crippen LogP contribution in [0.5, 0.6) is 0 Å². The quantitative estimate of drug-likeness (QED) is 0.364. The van der Waals surface area contributed by atoms with Gasteiger partial charge in [0.1, 0.15) is 12.6 Å². The van der Waals surface area contributed by atoms with Gasteiger partial charge in [0, 0.05) is 23.1 Å². The van der Waals surface area contributed by atoms with Crippen LogP contribution in [0.2, 0.25) is 10.0 Å². The Morgan fingerprint density at radius 1 is 1.00 bits per heavy atom. The van der Waals surface area contributed by atoms with Gasteiger partial charge in [0.15, 0.2) is 0 Å². The van der Waals surface area contributed by atoms with Crippen LogP contribution in [0.1, 0.15) is 12.5 Å². The van der Waals surface area contributed by atoms with Crippen LogP contribution in [0, 0.1) is 0 Å². The molecule has 2 amide bonds. The molecule has 3 aromatic rings. The zero-order valence-electron chi connectivity index (χ0n) is 19.5. The zero-order chi connectivity index (χ0) is 26.5. The number of nitrogens with one attached hydrogen (secondary N) is 1. The summed E-state index contributed by atoms with van der Waals surface area (Å²) < 4.78 is 29.1. The van der Waals surface area contributed by atoms with Crippen LogP contribution in [-0.4, -0.2) is 44.8 Å². The third kappa shape index (κ3) is 6.59. The number of carbonyl (C=O) groups excluding carboxylic acids is 2. The number of carbonyl (C=O) groups is 2. The summed E-state index contributed by atoms with van der Waals surface area (Å²) in [5.74, 6) is -0.988. The number of hydrogen-bond donors (Lipinski definition) is 1. The Balaban J connectivity index is 2.07. The van der Waals surface area contributed by atoms with E-state index in [0.717, 1.165) is 14.3 Å². The maximum absolute atomic E-state index is 13.7. The molecule has 0 aromatic heterocycles. The normalized spacial score (nSPS) is 12.0. The van der Waals surface area contributed by atoms with Crippen molar-refractivity contribution in [3.63, 3.8) is 0 Å². The Morgan fingerprint density at radius 2 is 1.69 bits per heavy atom. The van der Waals surface area contributed by atoms with Crippen molar-refractivity contribution in [2.24, 2.45) is 0 Å². The molecule has 190 valence electrons. The van der Waals surface area contributed by atoms with E-state index in [1.54, 1.807) is 25.1 Å². The second-order valence-corrected chi connectivity index (χ2v) is 11.5. The average molecular weight is 613 g/mol. The first kappa shape index (κ1) is 28.0. The predicted octanol–water partition coefficient (Wildman–Crippen LogP) is 5.11. The molecule has 0 aliphatic carbocycles. The van der Waals surface area contributed by atoms with E-state index in [1.165, 1.54) is 42.3 Å². The van der Waals surface area contributed by atoms with E-state index in [2.05, 4.69) is 21.2 Å². The zero-order valence-corrected chi connectivity index (χ0v) is 23.4. The summed E-state index contributed by atoms with van der Waals surface area (Å²) in [4.78, 5) is 27.5. The van der Waals surface area contributed by atoms with E-state index in [0.29, 0.717) is 0 Å². The second-order valence-electron chi connectivity index (χ2n) is 7.86. The fourth-order valence-corrected chi connectivity index (χ4v) is 5.86. The maximum Gasteiger partial charge on any atom is 0.264 e. The van der Waals surface area contributed by atoms with E-state index in [-0.39, 0.29) is 27.2 Å². The minimum Gasteiger partial charge on any atom is -0.357 e. The van der Waals surface area contributed by atoms with Crippen molar-refractivity contribution in [1.29, 1.82) is 0 Å². The molecule has 0 saturated heterocycles. The molecule has 0 saturated carbocycles. The monoisotopic (exact) mass is 611 g/mol. The first-order valence-electron chi connectivity index (χ1n) is 10.8. The third-order valence-electron chi connectivity index (χ3n) is 5.44. The van der Waals surface area contributed by atoms with Gasteiger partial charge < -0.3 is 10.2 Å². The molecule has 0 fully saturated rings. The number of likely N-dealkylation sites (N-methyl/N-ethyl adjacent to an activating group) is 1. The molecule has 3 rings (SSSR count). The topological polar surface area (TPSA) is 86.8 Å². The number of anilines is 1. The fourth-order valence-electron chi connectivity index (χ4n) is 3.53. The molecule has 11 heteroatoms. The van der Waals surface area contributed by atoms with Gasteiger partial charge in [-0.15, -0.1) is 0 Å². The highest BCUT2D eigenvalue weighted by atomic mass is 79.9. The molecule has 7 nitrogen and oxygen atoms in total. The predicted molar refractivity (Wildman–Crippen MR) is 146 cm³/mol. The van der Waals surface area contributed by atoms with Gasteiger partial charge >= 0.3 is 0 Å². The highest BCUT2D eigenvalue weighted by Gasteiger charge is 2.33. The Kier molecular flexibility index (Phi) is 9.41. The molecule has 0 aliphatic heterocycles. The summed E-state index contributed by atoms with van der Waals surface area (Å²) in [6.07, 6.45) is 0. The van der Waals surface area contributed by atoms with Crippen LogP contribution >= 0.6 is 39.1 Å². The fraction of sp³-hybridized carbons (Fsp3) is 0.200. The van der Waals surface area contributed by atoms with Crippen LogP contribution in [-0.2, 0) is 26.2 Å². The standard InChI is InChI=1S/C25H24BrCl2N3O4S/c1-17(25(33)29-2)30(15-18-7-6-8-19(26)13-18)24(32)16-31(23-14-20(27)11-12-22(23)28)36(34,35)21-9-4-3-5-10-21/h3-14,17H,15-16H2,1-2H3,(H,29,33)/t17-/m1/s1. The molecule has 3 aromatic carbocycles. The number of amides is 2. The van der Waals surface area contributed by atoms with Crippen molar-refractivity contribution in [2.45, 2.75) is 24.4 Å². The Labute approximate surface area is 229 Å². The van der Waals surface area contributed by atoms with Gasteiger partial charge in [-0.2, -0.15) is 0 Å². The van der Waals surface area contributed by atoms with Crippen molar-refractivity contribution in [3.05, 3.63) is 92.9 Å². The van der Waals surface area contributed by atoms with Crippen molar-refractivity contribution in [3.8, 4) is 0 Å². The van der Waals surface area contributed by atoms with E-state index in [1.807, 2.05) is 24.3 Å². The van der Waals surface area contributed by atoms with Gasteiger partial charge in [0.05, 0.1) is 15.6 Å². The van der Waals surface area contributed by atoms with Gasteiger partial charge in [0.25, 0.3) is 10.0 Å². The van der Waals surface area contributed by atoms with Crippen LogP contribution in [0.25, 0.3) is 0 Å². The largest absolute Gasteiger partial charge is 0.357 e. The molecule has 0 unspecified atom stereocenters. The molecule has 0 radical (unpaired) electrons. The molecule has 1 atom stereocenters. The van der Waals surface area contributed by atoms with Crippen molar-refractivity contribution >= 4 is 66.7 Å². The van der Waals surface area contributed by atoms with Crippen LogP contribution in [0.4, 0.5) is 5.69 Å². The Morgan fingerprint density at radius 3 is 2.33 bits per heavy atom. The Bertz CT molecular complexity index is 1360. The van der Waals surface area contributed by atoms with Crippen molar-refractivity contribution < 1.29 is 18.0 Å². The third-order valence-corrected chi connectivity index (χ3v) is 8.26. The summed E-state index contributed by atoms with van der Waals surface area (Å²) in [6, 6.07) is 18.5. The Hall–Kier alpha value is -2.59. The lowest BCUT2D eigenvalue weighted by atomic mass is 10.1. The lowest BCUT2D eigenvalue weighted by molar-refractivity contribution is -0.139. The first-order valence-corrected chi connectivity index (χ1v) is 13.8. The lowest BCUT2D eigenvalue weighted by Crippen LogP contribution is -2.50. The number of hydrogen-bond acceptors (Lipinski definition) is 4. The van der Waals surface area contributed by atoms with E-state index < -0.39 is 34.4 Å². The van der Waals surface area contributed by atoms with Crippen LogP contribution in [0.15, 0.2) is 82.2 Å². The second kappa shape index (κ2) is 12.1. The van der Waals surface area contributed by atoms with E-state index in [9.17, 15) is 18.0 Å². The highest BCUT2D eigenvalue weighted by Crippen LogP contribution is 2.33. The number of benzene rings is 3. The highest BCUT2D eigenvalue weighted by molar-refractivity contribution is 9.10. The molecular formula is C25H24BrCl2N3O4S. The summed E-state index contributed by atoms with van der Waals surface area (Å²) >= 11 is 15.9. The number of nitrogens with zero attached hydrogens (tertiary/aromatic N) is 2. The summed E-state index contributed by atoms with van der Waals surface area (Å²) in [5.41, 5.74) is 0.808. The number of sulfonamides is 1. The maximum atomic E-state index is 13.7. The SMILES string of the molecule is CNC(=O)[C@@H](C)N(Cc1cccc(Br)c1)C(=O)CN(c1cc(Cl)ccc1Cl)S(=O)(=O)c1ccccc1. The van der Waals surface area contributed by atoms with Gasteiger partial charge in [-0.1, -0.05) is 69.5 Å². The summed E-state index contributed by atoms with van der Waals surface area (Å²) in [6.45, 7) is 1.05. The molecule has 0 bridgehead atoms.